The maximum atomic E-state index is 12.4. The Hall–Kier alpha value is -3.06. The van der Waals surface area contributed by atoms with Crippen LogP contribution in [-0.4, -0.2) is 50.9 Å². The zero-order chi connectivity index (χ0) is 22.2. The summed E-state index contributed by atoms with van der Waals surface area (Å²) in [5, 5.41) is 2.79. The van der Waals surface area contributed by atoms with Crippen LogP contribution in [0.2, 0.25) is 0 Å². The zero-order valence-electron chi connectivity index (χ0n) is 18.3. The highest BCUT2D eigenvalue weighted by Gasteiger charge is 2.19. The van der Waals surface area contributed by atoms with Crippen molar-refractivity contribution >= 4 is 23.3 Å². The summed E-state index contributed by atoms with van der Waals surface area (Å²) in [7, 11) is 0. The Bertz CT molecular complexity index is 859. The second kappa shape index (κ2) is 10.8. The van der Waals surface area contributed by atoms with E-state index in [0.717, 1.165) is 32.0 Å². The number of nitrogens with zero attached hydrogens (tertiary/aromatic N) is 1. The maximum Gasteiger partial charge on any atom is 0.338 e. The summed E-state index contributed by atoms with van der Waals surface area (Å²) in [6.07, 6.45) is -0.928. The van der Waals surface area contributed by atoms with Gasteiger partial charge in [0.2, 0.25) is 0 Å². The van der Waals surface area contributed by atoms with E-state index in [1.807, 2.05) is 24.3 Å². The van der Waals surface area contributed by atoms with Gasteiger partial charge in [-0.25, -0.2) is 4.79 Å². The van der Waals surface area contributed by atoms with Crippen LogP contribution >= 0.6 is 0 Å². The van der Waals surface area contributed by atoms with Crippen molar-refractivity contribution in [3.05, 3.63) is 54.1 Å². The molecule has 1 saturated heterocycles. The molecule has 0 bridgehead atoms. The van der Waals surface area contributed by atoms with Crippen LogP contribution in [0.4, 0.5) is 11.4 Å². The van der Waals surface area contributed by atoms with E-state index in [-0.39, 0.29) is 5.91 Å². The third-order valence-electron chi connectivity index (χ3n) is 4.84. The van der Waals surface area contributed by atoms with Crippen LogP contribution in [0.3, 0.4) is 0 Å². The summed E-state index contributed by atoms with van der Waals surface area (Å²) in [5.74, 6) is 0.168. The number of rotatable bonds is 8. The molecule has 2 aromatic carbocycles. The largest absolute Gasteiger partial charge is 0.493 e. The number of esters is 1. The fourth-order valence-electron chi connectivity index (χ4n) is 3.05. The lowest BCUT2D eigenvalue weighted by Crippen LogP contribution is -2.36. The van der Waals surface area contributed by atoms with E-state index in [2.05, 4.69) is 24.1 Å². The average molecular weight is 427 g/mol. The van der Waals surface area contributed by atoms with Gasteiger partial charge in [-0.15, -0.1) is 0 Å². The van der Waals surface area contributed by atoms with E-state index in [1.165, 1.54) is 0 Å². The molecule has 31 heavy (non-hydrogen) atoms. The fraction of sp³-hybridized carbons (Fsp3) is 0.417. The zero-order valence-corrected chi connectivity index (χ0v) is 18.3. The maximum absolute atomic E-state index is 12.4. The summed E-state index contributed by atoms with van der Waals surface area (Å²) in [4.78, 5) is 27.0. The van der Waals surface area contributed by atoms with Crippen LogP contribution in [0.5, 0.6) is 5.75 Å². The first kappa shape index (κ1) is 22.6. The highest BCUT2D eigenvalue weighted by Crippen LogP contribution is 2.20. The van der Waals surface area contributed by atoms with E-state index in [4.69, 9.17) is 14.2 Å². The Morgan fingerprint density at radius 1 is 1.00 bits per heavy atom. The number of anilines is 2. The molecule has 0 radical (unpaired) electrons. The number of hydrogen-bond donors (Lipinski definition) is 1. The predicted octanol–water partition coefficient (Wildman–Crippen LogP) is 3.74. The molecule has 0 aliphatic carbocycles. The summed E-state index contributed by atoms with van der Waals surface area (Å²) < 4.78 is 16.3. The molecule has 1 unspecified atom stereocenters. The minimum Gasteiger partial charge on any atom is -0.493 e. The highest BCUT2D eigenvalue weighted by molar-refractivity contribution is 5.97. The van der Waals surface area contributed by atoms with Crippen molar-refractivity contribution < 1.29 is 23.8 Å². The number of ether oxygens (including phenoxy) is 3. The van der Waals surface area contributed by atoms with Gasteiger partial charge in [-0.1, -0.05) is 13.8 Å². The van der Waals surface area contributed by atoms with Gasteiger partial charge in [0, 0.05) is 24.5 Å². The molecule has 2 aromatic rings. The SMILES string of the molecule is CC(C)COc1ccc(C(=O)OC(C)C(=O)Nc2ccc(N3CCOCC3)cc2)cc1. The van der Waals surface area contributed by atoms with Crippen LogP contribution < -0.4 is 15.0 Å². The first-order valence-electron chi connectivity index (χ1n) is 10.6. The number of hydrogen-bond acceptors (Lipinski definition) is 6. The summed E-state index contributed by atoms with van der Waals surface area (Å²) in [6.45, 7) is 9.42. The molecule has 1 fully saturated rings. The number of amides is 1. The molecule has 1 amide bonds. The molecule has 1 heterocycles. The van der Waals surface area contributed by atoms with E-state index in [9.17, 15) is 9.59 Å². The topological polar surface area (TPSA) is 77.1 Å². The Morgan fingerprint density at radius 2 is 1.65 bits per heavy atom. The summed E-state index contributed by atoms with van der Waals surface area (Å²) in [5.41, 5.74) is 2.10. The fourth-order valence-corrected chi connectivity index (χ4v) is 3.05. The standard InChI is InChI=1S/C24H30N2O5/c1-17(2)16-30-22-10-4-19(5-11-22)24(28)31-18(3)23(27)25-20-6-8-21(9-7-20)26-12-14-29-15-13-26/h4-11,17-18H,12-16H2,1-3H3,(H,25,27). The lowest BCUT2D eigenvalue weighted by molar-refractivity contribution is -0.123. The molecular formula is C24H30N2O5. The van der Waals surface area contributed by atoms with E-state index >= 15 is 0 Å². The van der Waals surface area contributed by atoms with Gasteiger partial charge in [-0.05, 0) is 61.4 Å². The number of morpholine rings is 1. The van der Waals surface area contributed by atoms with Crippen LogP contribution in [0, 0.1) is 5.92 Å². The van der Waals surface area contributed by atoms with Gasteiger partial charge in [-0.2, -0.15) is 0 Å². The number of nitrogens with one attached hydrogen (secondary N) is 1. The molecule has 1 N–H and O–H groups in total. The lowest BCUT2D eigenvalue weighted by atomic mass is 10.2. The number of carbonyl (C=O) groups excluding carboxylic acids is 2. The number of benzene rings is 2. The molecule has 3 rings (SSSR count). The van der Waals surface area contributed by atoms with Crippen LogP contribution in [0.25, 0.3) is 0 Å². The second-order valence-electron chi connectivity index (χ2n) is 7.91. The molecule has 1 aliphatic rings. The van der Waals surface area contributed by atoms with Crippen LogP contribution in [0.15, 0.2) is 48.5 Å². The van der Waals surface area contributed by atoms with Crippen molar-refractivity contribution in [1.29, 1.82) is 0 Å². The molecule has 0 aromatic heterocycles. The Balaban J connectivity index is 1.49. The van der Waals surface area contributed by atoms with Gasteiger partial charge in [0.15, 0.2) is 6.10 Å². The van der Waals surface area contributed by atoms with Gasteiger partial charge in [0.05, 0.1) is 25.4 Å². The molecule has 0 spiro atoms. The first-order chi connectivity index (χ1) is 14.9. The van der Waals surface area contributed by atoms with Crippen LogP contribution in [-0.2, 0) is 14.3 Å². The molecule has 0 saturated carbocycles. The molecule has 7 heteroatoms. The van der Waals surface area contributed by atoms with Gasteiger partial charge in [0.25, 0.3) is 5.91 Å². The minimum absolute atomic E-state index is 0.367. The van der Waals surface area contributed by atoms with E-state index < -0.39 is 12.1 Å². The third-order valence-corrected chi connectivity index (χ3v) is 4.84. The number of carbonyl (C=O) groups is 2. The Labute approximate surface area is 183 Å². The van der Waals surface area contributed by atoms with E-state index in [1.54, 1.807) is 31.2 Å². The van der Waals surface area contributed by atoms with Crippen molar-refractivity contribution in [3.8, 4) is 5.75 Å². The minimum atomic E-state index is -0.928. The smallest absolute Gasteiger partial charge is 0.338 e. The quantitative estimate of drug-likeness (QED) is 0.648. The van der Waals surface area contributed by atoms with E-state index in [0.29, 0.717) is 29.5 Å². The second-order valence-corrected chi connectivity index (χ2v) is 7.91. The molecular weight excluding hydrogens is 396 g/mol. The normalized spacial score (nSPS) is 14.8. The van der Waals surface area contributed by atoms with Gasteiger partial charge < -0.3 is 24.4 Å². The molecule has 166 valence electrons. The first-order valence-corrected chi connectivity index (χ1v) is 10.6. The van der Waals surface area contributed by atoms with Gasteiger partial charge >= 0.3 is 5.97 Å². The van der Waals surface area contributed by atoms with Gasteiger partial charge in [0.1, 0.15) is 5.75 Å². The average Bonchev–Trinajstić information content (AvgIpc) is 2.79. The highest BCUT2D eigenvalue weighted by atomic mass is 16.5. The summed E-state index contributed by atoms with van der Waals surface area (Å²) in [6, 6.07) is 14.3. The summed E-state index contributed by atoms with van der Waals surface area (Å²) >= 11 is 0. The van der Waals surface area contributed by atoms with Crippen molar-refractivity contribution in [2.75, 3.05) is 43.1 Å². The van der Waals surface area contributed by atoms with Crippen molar-refractivity contribution in [1.82, 2.24) is 0 Å². The van der Waals surface area contributed by atoms with Crippen molar-refractivity contribution in [2.24, 2.45) is 5.92 Å². The van der Waals surface area contributed by atoms with Crippen molar-refractivity contribution in [2.45, 2.75) is 26.9 Å². The monoisotopic (exact) mass is 426 g/mol. The van der Waals surface area contributed by atoms with Crippen LogP contribution in [0.1, 0.15) is 31.1 Å². The Kier molecular flexibility index (Phi) is 7.89. The Morgan fingerprint density at radius 3 is 2.26 bits per heavy atom. The van der Waals surface area contributed by atoms with Gasteiger partial charge in [-0.3, -0.25) is 4.79 Å². The predicted molar refractivity (Wildman–Crippen MR) is 120 cm³/mol. The molecule has 7 nitrogen and oxygen atoms in total. The lowest BCUT2D eigenvalue weighted by Gasteiger charge is -2.28. The molecule has 1 aliphatic heterocycles. The van der Waals surface area contributed by atoms with Crippen molar-refractivity contribution in [3.63, 3.8) is 0 Å². The third kappa shape index (κ3) is 6.72. The molecule has 1 atom stereocenters.